The van der Waals surface area contributed by atoms with E-state index < -0.39 is 41.3 Å². The third-order valence-corrected chi connectivity index (χ3v) is 13.2. The average molecular weight is 871 g/mol. The summed E-state index contributed by atoms with van der Waals surface area (Å²) in [5.41, 5.74) is 9.36. The number of urea groups is 1. The molecule has 7 rings (SSSR count). The molecule has 6 heterocycles. The van der Waals surface area contributed by atoms with E-state index >= 15 is 0 Å². The summed E-state index contributed by atoms with van der Waals surface area (Å²) < 4.78 is 19.9. The number of carbonyl (C=O) groups excluding carboxylic acids is 4. The Morgan fingerprint density at radius 1 is 1.16 bits per heavy atom. The minimum Gasteiger partial charge on any atom is -0.464 e. The molecular formula is C46H62N8O7S. The Balaban J connectivity index is 1.29. The SMILES string of the molecule is CCn1c(-c2cccnc2[C@H](C)OC)c2c3cc(ccc31)-c1csc(n1)C[C@H](NC(=O)[C@H](C(C)C)N(C)C(=O)N1CCO[C@@H](C)C1)C(=O)N1CCC[C@H](N1)C(=O)OCC(C)(C)C2. The second kappa shape index (κ2) is 18.8. The molecule has 16 heteroatoms. The first-order chi connectivity index (χ1) is 29.6. The predicted octanol–water partition coefficient (Wildman–Crippen LogP) is 6.00. The van der Waals surface area contributed by atoms with Gasteiger partial charge in [0, 0.05) is 85.8 Å². The zero-order chi connectivity index (χ0) is 44.5. The van der Waals surface area contributed by atoms with Gasteiger partial charge in [0.15, 0.2) is 0 Å². The van der Waals surface area contributed by atoms with E-state index in [0.717, 1.165) is 44.7 Å². The maximum Gasteiger partial charge on any atom is 0.324 e. The fraction of sp³-hybridized carbons (Fsp3) is 0.565. The Morgan fingerprint density at radius 3 is 2.68 bits per heavy atom. The molecule has 5 atom stereocenters. The van der Waals surface area contributed by atoms with Crippen molar-refractivity contribution >= 4 is 46.1 Å². The van der Waals surface area contributed by atoms with E-state index in [1.54, 1.807) is 25.3 Å². The Bertz CT molecular complexity index is 2290. The van der Waals surface area contributed by atoms with Gasteiger partial charge in [-0.3, -0.25) is 24.4 Å². The number of esters is 1. The van der Waals surface area contributed by atoms with E-state index in [1.807, 2.05) is 39.1 Å². The molecule has 2 N–H and O–H groups in total. The van der Waals surface area contributed by atoms with Gasteiger partial charge in [0.2, 0.25) is 5.91 Å². The summed E-state index contributed by atoms with van der Waals surface area (Å²) in [6.45, 7) is 16.5. The Kier molecular flexibility index (Phi) is 13.7. The van der Waals surface area contributed by atoms with Gasteiger partial charge >= 0.3 is 12.0 Å². The molecule has 0 unspecified atom stereocenters. The molecule has 2 fully saturated rings. The Morgan fingerprint density at radius 2 is 1.95 bits per heavy atom. The topological polar surface area (TPSA) is 160 Å². The molecule has 0 radical (unpaired) electrons. The van der Waals surface area contributed by atoms with Crippen LogP contribution in [0.4, 0.5) is 4.79 Å². The van der Waals surface area contributed by atoms with E-state index in [4.69, 9.17) is 24.2 Å². The largest absolute Gasteiger partial charge is 0.464 e. The minimum absolute atomic E-state index is 0.103. The number of aromatic nitrogens is 3. The van der Waals surface area contributed by atoms with Crippen LogP contribution >= 0.6 is 11.3 Å². The van der Waals surface area contributed by atoms with Crippen molar-refractivity contribution in [2.24, 2.45) is 11.3 Å². The van der Waals surface area contributed by atoms with Crippen LogP contribution in [0.3, 0.4) is 0 Å². The summed E-state index contributed by atoms with van der Waals surface area (Å²) in [6.07, 6.45) is 3.16. The van der Waals surface area contributed by atoms with E-state index in [0.29, 0.717) is 57.1 Å². The molecule has 1 aromatic carbocycles. The van der Waals surface area contributed by atoms with Crippen molar-refractivity contribution in [2.75, 3.05) is 47.0 Å². The van der Waals surface area contributed by atoms with Crippen molar-refractivity contribution < 1.29 is 33.4 Å². The first-order valence-corrected chi connectivity index (χ1v) is 22.7. The molecule has 3 aliphatic heterocycles. The van der Waals surface area contributed by atoms with Crippen LogP contribution in [0.5, 0.6) is 0 Å². The fourth-order valence-electron chi connectivity index (χ4n) is 9.08. The van der Waals surface area contributed by atoms with Crippen LogP contribution in [0.2, 0.25) is 0 Å². The predicted molar refractivity (Wildman–Crippen MR) is 238 cm³/mol. The molecular weight excluding hydrogens is 809 g/mol. The van der Waals surface area contributed by atoms with Crippen LogP contribution in [-0.2, 0) is 48.0 Å². The number of hydrogen-bond donors (Lipinski definition) is 2. The molecule has 6 bridgehead atoms. The molecule has 62 heavy (non-hydrogen) atoms. The number of morpholine rings is 1. The number of carbonyl (C=O) groups is 4. The van der Waals surface area contributed by atoms with Crippen molar-refractivity contribution in [3.8, 4) is 22.5 Å². The standard InChI is InChI=1S/C46H62N8O7S/c1-10-53-37-16-15-30-21-32(37)33(41(53)31-13-11-17-47-39(31)29(5)59-9)23-46(6,7)26-61-44(57)34-14-12-18-54(50-34)43(56)35(22-38-48-36(30)25-62-38)49-42(55)40(27(2)3)51(8)45(58)52-19-20-60-28(4)24-52/h11,13,15-17,21,25,27-29,34-35,40,50H,10,12,14,18-20,22-24,26H2,1-9H3,(H,49,55)/t28-,29-,34-,35-,40-/m0/s1. The first-order valence-electron chi connectivity index (χ1n) is 21.9. The van der Waals surface area contributed by atoms with Gasteiger partial charge < -0.3 is 33.9 Å². The summed E-state index contributed by atoms with van der Waals surface area (Å²) in [5, 5.41) is 8.17. The minimum atomic E-state index is -1.05. The van der Waals surface area contributed by atoms with E-state index in [1.165, 1.54) is 21.2 Å². The number of nitrogens with one attached hydrogen (secondary N) is 2. The Labute approximate surface area is 368 Å². The summed E-state index contributed by atoms with van der Waals surface area (Å²) >= 11 is 1.42. The number of thiazole rings is 1. The van der Waals surface area contributed by atoms with Crippen LogP contribution in [0.15, 0.2) is 41.9 Å². The number of aryl methyl sites for hydroxylation is 1. The lowest BCUT2D eigenvalue weighted by molar-refractivity contribution is -0.155. The number of amides is 4. The monoisotopic (exact) mass is 870 g/mol. The molecule has 2 saturated heterocycles. The molecule has 0 spiro atoms. The highest BCUT2D eigenvalue weighted by Gasteiger charge is 2.39. The average Bonchev–Trinajstić information content (AvgIpc) is 3.85. The first kappa shape index (κ1) is 45.1. The number of hydrazine groups is 1. The number of benzene rings is 1. The highest BCUT2D eigenvalue weighted by Crippen LogP contribution is 2.42. The zero-order valence-electron chi connectivity index (χ0n) is 37.5. The number of ether oxygens (including phenoxy) is 3. The number of pyridine rings is 1. The molecule has 4 aromatic rings. The number of hydrogen-bond acceptors (Lipinski definition) is 11. The van der Waals surface area contributed by atoms with Gasteiger partial charge in [-0.05, 0) is 75.8 Å². The van der Waals surface area contributed by atoms with E-state index in [-0.39, 0.29) is 37.2 Å². The number of rotatable bonds is 8. The lowest BCUT2D eigenvalue weighted by Crippen LogP contribution is -2.62. The molecule has 0 saturated carbocycles. The summed E-state index contributed by atoms with van der Waals surface area (Å²) in [7, 11) is 3.32. The van der Waals surface area contributed by atoms with Crippen molar-refractivity contribution in [3.05, 3.63) is 58.2 Å². The van der Waals surface area contributed by atoms with Crippen LogP contribution in [0.25, 0.3) is 33.4 Å². The Hall–Kier alpha value is -4.90. The van der Waals surface area contributed by atoms with Crippen LogP contribution in [0, 0.1) is 11.3 Å². The number of likely N-dealkylation sites (N-methyl/N-ethyl adjacent to an activating group) is 1. The summed E-state index contributed by atoms with van der Waals surface area (Å²) in [4.78, 5) is 69.5. The molecule has 4 amide bonds. The highest BCUT2D eigenvalue weighted by molar-refractivity contribution is 7.10. The lowest BCUT2D eigenvalue weighted by Gasteiger charge is -2.38. The van der Waals surface area contributed by atoms with Crippen LogP contribution in [0.1, 0.15) is 83.7 Å². The third kappa shape index (κ3) is 9.38. The van der Waals surface area contributed by atoms with Gasteiger partial charge in [-0.15, -0.1) is 11.3 Å². The lowest BCUT2D eigenvalue weighted by atomic mass is 9.84. The molecule has 0 aliphatic carbocycles. The van der Waals surface area contributed by atoms with Gasteiger partial charge in [0.05, 0.1) is 47.5 Å². The molecule has 3 aliphatic rings. The van der Waals surface area contributed by atoms with Crippen molar-refractivity contribution in [2.45, 2.75) is 111 Å². The number of cyclic esters (lactones) is 1. The van der Waals surface area contributed by atoms with E-state index in [2.05, 4.69) is 60.3 Å². The van der Waals surface area contributed by atoms with Gasteiger partial charge in [-0.2, -0.15) is 0 Å². The normalized spacial score (nSPS) is 21.9. The smallest absolute Gasteiger partial charge is 0.324 e. The molecule has 3 aromatic heterocycles. The van der Waals surface area contributed by atoms with E-state index in [9.17, 15) is 19.2 Å². The van der Waals surface area contributed by atoms with Crippen molar-refractivity contribution in [3.63, 3.8) is 0 Å². The second-order valence-electron chi connectivity index (χ2n) is 18.0. The fourth-order valence-corrected chi connectivity index (χ4v) is 9.93. The van der Waals surface area contributed by atoms with Crippen LogP contribution < -0.4 is 10.7 Å². The zero-order valence-corrected chi connectivity index (χ0v) is 38.3. The number of fused-ring (bicyclic) bond motifs is 6. The number of methoxy groups -OCH3 is 1. The summed E-state index contributed by atoms with van der Waals surface area (Å²) in [6, 6.07) is 7.49. The van der Waals surface area contributed by atoms with Gasteiger partial charge in [-0.25, -0.2) is 15.2 Å². The molecule has 15 nitrogen and oxygen atoms in total. The summed E-state index contributed by atoms with van der Waals surface area (Å²) in [5.74, 6) is -1.56. The molecule has 334 valence electrons. The third-order valence-electron chi connectivity index (χ3n) is 12.3. The quantitative estimate of drug-likeness (QED) is 0.201. The van der Waals surface area contributed by atoms with Gasteiger partial charge in [0.1, 0.15) is 18.1 Å². The highest BCUT2D eigenvalue weighted by atomic mass is 32.1. The van der Waals surface area contributed by atoms with Crippen molar-refractivity contribution in [1.82, 2.24) is 40.1 Å². The number of nitrogens with zero attached hydrogens (tertiary/aromatic N) is 6. The maximum atomic E-state index is 14.6. The van der Waals surface area contributed by atoms with Gasteiger partial charge in [0.25, 0.3) is 5.91 Å². The second-order valence-corrected chi connectivity index (χ2v) is 18.9. The van der Waals surface area contributed by atoms with Crippen LogP contribution in [-0.4, -0.2) is 124 Å². The van der Waals surface area contributed by atoms with Crippen molar-refractivity contribution in [1.29, 1.82) is 0 Å². The van der Waals surface area contributed by atoms with Gasteiger partial charge in [-0.1, -0.05) is 33.8 Å². The maximum absolute atomic E-state index is 14.6.